The van der Waals surface area contributed by atoms with Gasteiger partial charge in [-0.1, -0.05) is 48.5 Å². The Balaban J connectivity index is 1.58. The first-order chi connectivity index (χ1) is 15.2. The summed E-state index contributed by atoms with van der Waals surface area (Å²) in [5, 5.41) is 2.99. The second kappa shape index (κ2) is 11.6. The van der Waals surface area contributed by atoms with Crippen molar-refractivity contribution < 1.29 is 19.0 Å². The van der Waals surface area contributed by atoms with Crippen LogP contribution in [0.1, 0.15) is 35.3 Å². The maximum absolute atomic E-state index is 12.7. The first-order valence-corrected chi connectivity index (χ1v) is 10.6. The number of benzene rings is 3. The number of hydrogen-bond donors (Lipinski definition) is 1. The lowest BCUT2D eigenvalue weighted by Gasteiger charge is -2.13. The monoisotopic (exact) mass is 419 g/mol. The van der Waals surface area contributed by atoms with Crippen LogP contribution in [0.15, 0.2) is 72.8 Å². The molecule has 0 aliphatic rings. The molecule has 0 atom stereocenters. The summed E-state index contributed by atoms with van der Waals surface area (Å²) in [6.07, 6.45) is 0.686. The number of rotatable bonds is 11. The summed E-state index contributed by atoms with van der Waals surface area (Å²) < 4.78 is 17.2. The van der Waals surface area contributed by atoms with Crippen LogP contribution in [0.2, 0.25) is 0 Å². The van der Waals surface area contributed by atoms with E-state index in [4.69, 9.17) is 14.2 Å². The Kier molecular flexibility index (Phi) is 8.35. The van der Waals surface area contributed by atoms with Crippen molar-refractivity contribution in [2.45, 2.75) is 26.9 Å². The number of carbonyl (C=O) groups is 1. The number of hydrogen-bond acceptors (Lipinski definition) is 4. The Morgan fingerprint density at radius 3 is 2.23 bits per heavy atom. The predicted molar refractivity (Wildman–Crippen MR) is 122 cm³/mol. The van der Waals surface area contributed by atoms with Crippen molar-refractivity contribution in [1.82, 2.24) is 5.32 Å². The molecule has 1 N–H and O–H groups in total. The van der Waals surface area contributed by atoms with Gasteiger partial charge in [0.05, 0.1) is 18.8 Å². The first-order valence-electron chi connectivity index (χ1n) is 10.6. The van der Waals surface area contributed by atoms with Gasteiger partial charge in [0.2, 0.25) is 0 Å². The number of para-hydroxylation sites is 1. The predicted octanol–water partition coefficient (Wildman–Crippen LogP) is 5.04. The van der Waals surface area contributed by atoms with Crippen LogP contribution < -0.4 is 19.5 Å². The molecule has 0 aliphatic carbocycles. The Bertz CT molecular complexity index is 972. The minimum absolute atomic E-state index is 0.153. The molecule has 0 heterocycles. The van der Waals surface area contributed by atoms with Crippen LogP contribution in [0.5, 0.6) is 17.2 Å². The van der Waals surface area contributed by atoms with E-state index in [1.807, 2.05) is 80.6 Å². The molecule has 5 heteroatoms. The fourth-order valence-corrected chi connectivity index (χ4v) is 3.18. The molecule has 3 aromatic rings. The molecule has 0 saturated heterocycles. The lowest BCUT2D eigenvalue weighted by molar-refractivity contribution is 0.0949. The fraction of sp³-hybridized carbons (Fsp3) is 0.269. The van der Waals surface area contributed by atoms with Crippen molar-refractivity contribution in [2.24, 2.45) is 0 Å². The van der Waals surface area contributed by atoms with E-state index in [2.05, 4.69) is 5.32 Å². The molecule has 0 fully saturated rings. The van der Waals surface area contributed by atoms with Crippen molar-refractivity contribution >= 4 is 5.91 Å². The summed E-state index contributed by atoms with van der Waals surface area (Å²) >= 11 is 0. The second-order valence-corrected chi connectivity index (χ2v) is 6.92. The van der Waals surface area contributed by atoms with E-state index in [0.29, 0.717) is 44.1 Å². The molecule has 31 heavy (non-hydrogen) atoms. The van der Waals surface area contributed by atoms with Crippen molar-refractivity contribution in [2.75, 3.05) is 19.8 Å². The van der Waals surface area contributed by atoms with Gasteiger partial charge in [0, 0.05) is 6.54 Å². The smallest absolute Gasteiger partial charge is 0.255 e. The van der Waals surface area contributed by atoms with Gasteiger partial charge >= 0.3 is 0 Å². The van der Waals surface area contributed by atoms with E-state index in [0.717, 1.165) is 22.6 Å². The lowest BCUT2D eigenvalue weighted by Crippen LogP contribution is -2.26. The maximum Gasteiger partial charge on any atom is 0.255 e. The van der Waals surface area contributed by atoms with Gasteiger partial charge in [0.1, 0.15) is 12.4 Å². The van der Waals surface area contributed by atoms with Gasteiger partial charge in [0.25, 0.3) is 5.91 Å². The van der Waals surface area contributed by atoms with Crippen molar-refractivity contribution in [3.63, 3.8) is 0 Å². The Morgan fingerprint density at radius 2 is 1.45 bits per heavy atom. The van der Waals surface area contributed by atoms with Gasteiger partial charge in [-0.05, 0) is 55.7 Å². The molecule has 3 rings (SSSR count). The largest absolute Gasteiger partial charge is 0.490 e. The third kappa shape index (κ3) is 6.51. The minimum atomic E-state index is -0.153. The number of nitrogens with one attached hydrogen (secondary N) is 1. The topological polar surface area (TPSA) is 56.8 Å². The van der Waals surface area contributed by atoms with Crippen molar-refractivity contribution in [3.8, 4) is 17.2 Å². The van der Waals surface area contributed by atoms with E-state index >= 15 is 0 Å². The molecule has 0 aliphatic heterocycles. The van der Waals surface area contributed by atoms with Crippen LogP contribution in [0, 0.1) is 0 Å². The molecule has 0 saturated carbocycles. The van der Waals surface area contributed by atoms with Crippen molar-refractivity contribution in [3.05, 3.63) is 89.5 Å². The molecule has 0 radical (unpaired) electrons. The molecule has 162 valence electrons. The molecule has 0 spiro atoms. The lowest BCUT2D eigenvalue weighted by atomic mass is 10.1. The summed E-state index contributed by atoms with van der Waals surface area (Å²) in [6.45, 7) is 5.96. The number of amides is 1. The van der Waals surface area contributed by atoms with Gasteiger partial charge in [-0.2, -0.15) is 0 Å². The molecule has 0 bridgehead atoms. The summed E-state index contributed by atoms with van der Waals surface area (Å²) in [6, 6.07) is 23.1. The highest BCUT2D eigenvalue weighted by Gasteiger charge is 2.12. The normalized spacial score (nSPS) is 10.4. The van der Waals surface area contributed by atoms with Gasteiger partial charge in [-0.3, -0.25) is 4.79 Å². The van der Waals surface area contributed by atoms with Crippen LogP contribution in [-0.4, -0.2) is 25.7 Å². The molecule has 3 aromatic carbocycles. The van der Waals surface area contributed by atoms with Gasteiger partial charge in [-0.15, -0.1) is 0 Å². The van der Waals surface area contributed by atoms with Gasteiger partial charge in [-0.25, -0.2) is 0 Å². The first kappa shape index (κ1) is 22.2. The van der Waals surface area contributed by atoms with Crippen LogP contribution >= 0.6 is 0 Å². The van der Waals surface area contributed by atoms with Crippen LogP contribution in [0.4, 0.5) is 0 Å². The zero-order valence-electron chi connectivity index (χ0n) is 18.1. The molecule has 0 aromatic heterocycles. The van der Waals surface area contributed by atoms with Gasteiger partial charge < -0.3 is 19.5 Å². The standard InChI is InChI=1S/C26H29NO4/c1-3-29-24-15-14-20(18-25(24)30-4-2)16-17-27-26(28)22-12-8-9-13-23(22)31-19-21-10-6-5-7-11-21/h5-15,18H,3-4,16-17,19H2,1-2H3,(H,27,28). The second-order valence-electron chi connectivity index (χ2n) is 6.92. The molecular formula is C26H29NO4. The van der Waals surface area contributed by atoms with Crippen molar-refractivity contribution in [1.29, 1.82) is 0 Å². The van der Waals surface area contributed by atoms with Crippen LogP contribution in [0.25, 0.3) is 0 Å². The summed E-state index contributed by atoms with van der Waals surface area (Å²) in [5.41, 5.74) is 2.65. The highest BCUT2D eigenvalue weighted by Crippen LogP contribution is 2.28. The van der Waals surface area contributed by atoms with E-state index in [1.54, 1.807) is 6.07 Å². The Morgan fingerprint density at radius 1 is 0.742 bits per heavy atom. The average Bonchev–Trinajstić information content (AvgIpc) is 2.80. The number of ether oxygens (including phenoxy) is 3. The zero-order valence-corrected chi connectivity index (χ0v) is 18.1. The van der Waals surface area contributed by atoms with E-state index in [1.165, 1.54) is 0 Å². The van der Waals surface area contributed by atoms with E-state index in [9.17, 15) is 4.79 Å². The Hall–Kier alpha value is -3.47. The van der Waals surface area contributed by atoms with Gasteiger partial charge in [0.15, 0.2) is 11.5 Å². The van der Waals surface area contributed by atoms with E-state index < -0.39 is 0 Å². The zero-order chi connectivity index (χ0) is 21.9. The molecule has 5 nitrogen and oxygen atoms in total. The maximum atomic E-state index is 12.7. The highest BCUT2D eigenvalue weighted by molar-refractivity contribution is 5.96. The highest BCUT2D eigenvalue weighted by atomic mass is 16.5. The molecule has 0 unspecified atom stereocenters. The quantitative estimate of drug-likeness (QED) is 0.473. The fourth-order valence-electron chi connectivity index (χ4n) is 3.18. The SMILES string of the molecule is CCOc1ccc(CCNC(=O)c2ccccc2OCc2ccccc2)cc1OCC. The number of carbonyl (C=O) groups excluding carboxylic acids is 1. The van der Waals surface area contributed by atoms with Crippen LogP contribution in [0.3, 0.4) is 0 Å². The molecule has 1 amide bonds. The molecular weight excluding hydrogens is 390 g/mol. The van der Waals surface area contributed by atoms with E-state index in [-0.39, 0.29) is 5.91 Å². The van der Waals surface area contributed by atoms with Crippen LogP contribution in [-0.2, 0) is 13.0 Å². The summed E-state index contributed by atoms with van der Waals surface area (Å²) in [7, 11) is 0. The average molecular weight is 420 g/mol. The minimum Gasteiger partial charge on any atom is -0.490 e. The third-order valence-corrected chi connectivity index (χ3v) is 4.68. The third-order valence-electron chi connectivity index (χ3n) is 4.68. The Labute approximate surface area is 184 Å². The summed E-state index contributed by atoms with van der Waals surface area (Å²) in [4.78, 5) is 12.7. The summed E-state index contributed by atoms with van der Waals surface area (Å²) in [5.74, 6) is 1.89.